The molecule has 2 fully saturated rings. The van der Waals surface area contributed by atoms with Crippen LogP contribution < -0.4 is 0 Å². The van der Waals surface area contributed by atoms with Gasteiger partial charge in [0, 0.05) is 13.0 Å². The minimum atomic E-state index is -0.480. The number of nitrogens with zero attached hydrogens (tertiary/aromatic N) is 1. The van der Waals surface area contributed by atoms with Gasteiger partial charge in [-0.25, -0.2) is 0 Å². The van der Waals surface area contributed by atoms with E-state index in [-0.39, 0.29) is 11.9 Å². The lowest BCUT2D eigenvalue weighted by Gasteiger charge is -2.24. The van der Waals surface area contributed by atoms with Crippen LogP contribution >= 0.6 is 0 Å². The number of rotatable bonds is 1. The Bertz CT molecular complexity index is 195. The summed E-state index contributed by atoms with van der Waals surface area (Å²) >= 11 is 0. The molecule has 2 aliphatic heterocycles. The molecule has 2 rings (SSSR count). The van der Waals surface area contributed by atoms with Crippen molar-refractivity contribution in [2.45, 2.75) is 25.0 Å². The predicted octanol–water partition coefficient (Wildman–Crippen LogP) is -0.631. The van der Waals surface area contributed by atoms with Crippen molar-refractivity contribution in [3.8, 4) is 0 Å². The lowest BCUT2D eigenvalue weighted by atomic mass is 10.2. The van der Waals surface area contributed by atoms with E-state index < -0.39 is 6.10 Å². The van der Waals surface area contributed by atoms with E-state index in [2.05, 4.69) is 0 Å². The number of hydrogen-bond acceptors (Lipinski definition) is 3. The third-order valence-corrected chi connectivity index (χ3v) is 2.53. The molecule has 0 aromatic carbocycles. The average molecular weight is 171 g/mol. The van der Waals surface area contributed by atoms with E-state index in [1.54, 1.807) is 4.90 Å². The van der Waals surface area contributed by atoms with Gasteiger partial charge in [-0.15, -0.1) is 0 Å². The minimum Gasteiger partial charge on any atom is -0.388 e. The lowest BCUT2D eigenvalue weighted by molar-refractivity contribution is -0.131. The van der Waals surface area contributed by atoms with Gasteiger partial charge >= 0.3 is 0 Å². The molecule has 0 spiro atoms. The van der Waals surface area contributed by atoms with Gasteiger partial charge in [-0.1, -0.05) is 0 Å². The zero-order valence-electron chi connectivity index (χ0n) is 6.90. The van der Waals surface area contributed by atoms with Crippen LogP contribution in [0.1, 0.15) is 12.8 Å². The second kappa shape index (κ2) is 3.03. The molecule has 0 saturated carbocycles. The Balaban J connectivity index is 2.03. The molecule has 0 radical (unpaired) electrons. The van der Waals surface area contributed by atoms with Crippen molar-refractivity contribution >= 4 is 5.91 Å². The highest BCUT2D eigenvalue weighted by Crippen LogP contribution is 2.19. The first kappa shape index (κ1) is 8.01. The Morgan fingerprint density at radius 1 is 1.50 bits per heavy atom. The summed E-state index contributed by atoms with van der Waals surface area (Å²) in [5.41, 5.74) is 0. The van der Waals surface area contributed by atoms with Crippen LogP contribution in [0.5, 0.6) is 0 Å². The molecule has 0 unspecified atom stereocenters. The largest absolute Gasteiger partial charge is 0.388 e. The summed E-state index contributed by atoms with van der Waals surface area (Å²) in [4.78, 5) is 13.0. The van der Waals surface area contributed by atoms with Crippen LogP contribution in [0.25, 0.3) is 0 Å². The van der Waals surface area contributed by atoms with Crippen LogP contribution in [0.2, 0.25) is 0 Å². The molecule has 1 N–H and O–H groups in total. The first-order chi connectivity index (χ1) is 5.79. The van der Waals surface area contributed by atoms with E-state index in [0.29, 0.717) is 19.6 Å². The van der Waals surface area contributed by atoms with Crippen LogP contribution in [0.3, 0.4) is 0 Å². The first-order valence-corrected chi connectivity index (χ1v) is 4.34. The van der Waals surface area contributed by atoms with Crippen molar-refractivity contribution in [3.05, 3.63) is 0 Å². The highest BCUT2D eigenvalue weighted by Gasteiger charge is 2.36. The second-order valence-electron chi connectivity index (χ2n) is 3.36. The molecular weight excluding hydrogens is 158 g/mol. The average Bonchev–Trinajstić information content (AvgIpc) is 2.59. The molecule has 4 nitrogen and oxygen atoms in total. The SMILES string of the molecule is O=C1CCCN1[C@@H]1COC[C@H]1O. The van der Waals surface area contributed by atoms with Crippen molar-refractivity contribution in [1.29, 1.82) is 0 Å². The fourth-order valence-electron chi connectivity index (χ4n) is 1.85. The van der Waals surface area contributed by atoms with E-state index in [1.807, 2.05) is 0 Å². The number of hydrogen-bond donors (Lipinski definition) is 1. The van der Waals surface area contributed by atoms with E-state index >= 15 is 0 Å². The quantitative estimate of drug-likeness (QED) is 0.571. The predicted molar refractivity (Wildman–Crippen MR) is 41.6 cm³/mol. The Hall–Kier alpha value is -0.610. The Morgan fingerprint density at radius 3 is 2.83 bits per heavy atom. The van der Waals surface area contributed by atoms with E-state index in [4.69, 9.17) is 4.74 Å². The van der Waals surface area contributed by atoms with E-state index in [1.165, 1.54) is 0 Å². The van der Waals surface area contributed by atoms with Crippen molar-refractivity contribution in [3.63, 3.8) is 0 Å². The number of ether oxygens (including phenoxy) is 1. The third kappa shape index (κ3) is 1.21. The molecule has 2 atom stereocenters. The van der Waals surface area contributed by atoms with Crippen LogP contribution in [-0.2, 0) is 9.53 Å². The van der Waals surface area contributed by atoms with Gasteiger partial charge in [0.1, 0.15) is 0 Å². The summed E-state index contributed by atoms with van der Waals surface area (Å²) in [5, 5.41) is 9.45. The summed E-state index contributed by atoms with van der Waals surface area (Å²) in [5.74, 6) is 0.157. The summed E-state index contributed by atoms with van der Waals surface area (Å²) in [6, 6.07) is -0.0833. The van der Waals surface area contributed by atoms with Gasteiger partial charge in [-0.05, 0) is 6.42 Å². The first-order valence-electron chi connectivity index (χ1n) is 4.34. The maximum atomic E-state index is 11.3. The third-order valence-electron chi connectivity index (χ3n) is 2.53. The molecule has 2 aliphatic rings. The molecule has 12 heavy (non-hydrogen) atoms. The van der Waals surface area contributed by atoms with Gasteiger partial charge in [-0.2, -0.15) is 0 Å². The molecular formula is C8H13NO3. The minimum absolute atomic E-state index is 0.0833. The molecule has 1 amide bonds. The summed E-state index contributed by atoms with van der Waals surface area (Å²) in [6.45, 7) is 1.64. The fraction of sp³-hybridized carbons (Fsp3) is 0.875. The highest BCUT2D eigenvalue weighted by molar-refractivity contribution is 5.78. The highest BCUT2D eigenvalue weighted by atomic mass is 16.5. The number of aliphatic hydroxyl groups excluding tert-OH is 1. The molecule has 0 aromatic rings. The standard InChI is InChI=1S/C8H13NO3/c10-7-5-12-4-6(7)9-3-1-2-8(9)11/h6-7,10H,1-5H2/t6-,7-/m1/s1. The van der Waals surface area contributed by atoms with Gasteiger partial charge in [0.05, 0.1) is 25.4 Å². The van der Waals surface area contributed by atoms with Gasteiger partial charge in [-0.3, -0.25) is 4.79 Å². The molecule has 68 valence electrons. The zero-order chi connectivity index (χ0) is 8.55. The number of likely N-dealkylation sites (tertiary alicyclic amines) is 1. The molecule has 2 heterocycles. The summed E-state index contributed by atoms with van der Waals surface area (Å²) < 4.78 is 5.09. The summed E-state index contributed by atoms with van der Waals surface area (Å²) in [7, 11) is 0. The van der Waals surface area contributed by atoms with Crippen molar-refractivity contribution in [1.82, 2.24) is 4.90 Å². The van der Waals surface area contributed by atoms with Gasteiger partial charge in [0.15, 0.2) is 0 Å². The van der Waals surface area contributed by atoms with Crippen LogP contribution in [0, 0.1) is 0 Å². The molecule has 2 saturated heterocycles. The van der Waals surface area contributed by atoms with Gasteiger partial charge in [0.25, 0.3) is 0 Å². The van der Waals surface area contributed by atoms with E-state index in [9.17, 15) is 9.90 Å². The van der Waals surface area contributed by atoms with E-state index in [0.717, 1.165) is 13.0 Å². The number of aliphatic hydroxyl groups is 1. The number of amides is 1. The molecule has 0 aliphatic carbocycles. The molecule has 4 heteroatoms. The van der Waals surface area contributed by atoms with Crippen molar-refractivity contribution in [2.24, 2.45) is 0 Å². The number of carbonyl (C=O) groups excluding carboxylic acids is 1. The fourth-order valence-corrected chi connectivity index (χ4v) is 1.85. The Morgan fingerprint density at radius 2 is 2.33 bits per heavy atom. The van der Waals surface area contributed by atoms with Crippen LogP contribution in [-0.4, -0.2) is 47.8 Å². The Labute approximate surface area is 71.1 Å². The monoisotopic (exact) mass is 171 g/mol. The second-order valence-corrected chi connectivity index (χ2v) is 3.36. The lowest BCUT2D eigenvalue weighted by Crippen LogP contribution is -2.43. The summed E-state index contributed by atoms with van der Waals surface area (Å²) in [6.07, 6.45) is 1.07. The Kier molecular flexibility index (Phi) is 2.02. The zero-order valence-corrected chi connectivity index (χ0v) is 6.90. The van der Waals surface area contributed by atoms with Crippen molar-refractivity contribution < 1.29 is 14.6 Å². The van der Waals surface area contributed by atoms with Crippen LogP contribution in [0.15, 0.2) is 0 Å². The maximum absolute atomic E-state index is 11.3. The number of carbonyl (C=O) groups is 1. The molecule has 0 aromatic heterocycles. The smallest absolute Gasteiger partial charge is 0.223 e. The van der Waals surface area contributed by atoms with Crippen molar-refractivity contribution in [2.75, 3.05) is 19.8 Å². The molecule has 0 bridgehead atoms. The van der Waals surface area contributed by atoms with Gasteiger partial charge < -0.3 is 14.7 Å². The van der Waals surface area contributed by atoms with Crippen LogP contribution in [0.4, 0.5) is 0 Å². The topological polar surface area (TPSA) is 49.8 Å². The van der Waals surface area contributed by atoms with Gasteiger partial charge in [0.2, 0.25) is 5.91 Å². The maximum Gasteiger partial charge on any atom is 0.223 e. The normalized spacial score (nSPS) is 36.4.